The minimum Gasteiger partial charge on any atom is -0.487 e. The van der Waals surface area contributed by atoms with Crippen LogP contribution in [0.1, 0.15) is 24.6 Å². The lowest BCUT2D eigenvalue weighted by Crippen LogP contribution is -2.41. The van der Waals surface area contributed by atoms with Crippen molar-refractivity contribution in [2.75, 3.05) is 11.4 Å². The van der Waals surface area contributed by atoms with Crippen molar-refractivity contribution < 1.29 is 24.1 Å². The fourth-order valence-corrected chi connectivity index (χ4v) is 4.38. The number of pyridine rings is 1. The average molecular weight is 505 g/mol. The fraction of sp³-hybridized carbons (Fsp3) is 0.214. The van der Waals surface area contributed by atoms with Gasteiger partial charge in [-0.2, -0.15) is 0 Å². The molecule has 0 bridgehead atoms. The molecule has 3 aromatic carbocycles. The Kier molecular flexibility index (Phi) is 6.82. The predicted octanol–water partition coefficient (Wildman–Crippen LogP) is 6.07. The molecule has 1 aromatic heterocycles. The van der Waals surface area contributed by atoms with E-state index in [0.717, 1.165) is 34.3 Å². The van der Waals surface area contributed by atoms with Crippen molar-refractivity contribution in [3.05, 3.63) is 89.1 Å². The molecule has 1 atom stereocenters. The van der Waals surface area contributed by atoms with Crippen LogP contribution in [0.5, 0.6) is 17.2 Å². The molecule has 0 saturated carbocycles. The number of para-hydroxylation sites is 1. The van der Waals surface area contributed by atoms with E-state index in [-0.39, 0.29) is 6.61 Å². The SMILES string of the molecule is CCCN1c2c(ccc(Cl)c2OCc2ccc(OCc3ccc4ccccc4n3)cc2)OC1C(=O)O. The maximum absolute atomic E-state index is 11.7. The number of fused-ring (bicyclic) bond motifs is 2. The summed E-state index contributed by atoms with van der Waals surface area (Å²) in [5.74, 6) is 0.519. The molecular formula is C28H25ClN2O5. The van der Waals surface area contributed by atoms with E-state index in [0.29, 0.717) is 35.4 Å². The standard InChI is InChI=1S/C28H25ClN2O5/c1-2-15-31-25-24(36-27(31)28(32)33)14-13-22(29)26(25)35-16-18-7-11-21(12-8-18)34-17-20-10-9-19-5-3-4-6-23(19)30-20/h3-14,27H,2,15-17H2,1H3,(H,32,33). The lowest BCUT2D eigenvalue weighted by Gasteiger charge is -2.23. The summed E-state index contributed by atoms with van der Waals surface area (Å²) in [6.45, 7) is 3.09. The van der Waals surface area contributed by atoms with E-state index in [2.05, 4.69) is 4.98 Å². The van der Waals surface area contributed by atoms with E-state index in [9.17, 15) is 9.90 Å². The maximum Gasteiger partial charge on any atom is 0.366 e. The van der Waals surface area contributed by atoms with Gasteiger partial charge in [-0.05, 0) is 48.4 Å². The number of aliphatic carboxylic acids is 1. The van der Waals surface area contributed by atoms with E-state index in [4.69, 9.17) is 25.8 Å². The normalized spacial score (nSPS) is 14.4. The number of hydrogen-bond donors (Lipinski definition) is 1. The van der Waals surface area contributed by atoms with Crippen LogP contribution in [0.4, 0.5) is 5.69 Å². The number of nitrogens with zero attached hydrogens (tertiary/aromatic N) is 2. The molecule has 0 radical (unpaired) electrons. The van der Waals surface area contributed by atoms with Gasteiger partial charge in [-0.15, -0.1) is 0 Å². The van der Waals surface area contributed by atoms with Gasteiger partial charge in [0.15, 0.2) is 5.75 Å². The van der Waals surface area contributed by atoms with Gasteiger partial charge in [-0.25, -0.2) is 9.78 Å². The van der Waals surface area contributed by atoms with Crippen LogP contribution in [0.25, 0.3) is 10.9 Å². The van der Waals surface area contributed by atoms with Crippen LogP contribution in [0.3, 0.4) is 0 Å². The average Bonchev–Trinajstić information content (AvgIpc) is 3.26. The zero-order valence-electron chi connectivity index (χ0n) is 19.7. The first kappa shape index (κ1) is 23.8. The topological polar surface area (TPSA) is 81.1 Å². The molecule has 1 aliphatic heterocycles. The number of halogens is 1. The quantitative estimate of drug-likeness (QED) is 0.296. The summed E-state index contributed by atoms with van der Waals surface area (Å²) in [4.78, 5) is 18.0. The molecule has 4 aromatic rings. The first-order chi connectivity index (χ1) is 17.5. The van der Waals surface area contributed by atoms with Gasteiger partial charge in [0, 0.05) is 11.9 Å². The highest BCUT2D eigenvalue weighted by Crippen LogP contribution is 2.48. The second-order valence-electron chi connectivity index (χ2n) is 8.44. The minimum absolute atomic E-state index is 0.250. The molecule has 36 heavy (non-hydrogen) atoms. The lowest BCUT2D eigenvalue weighted by molar-refractivity contribution is -0.144. The second-order valence-corrected chi connectivity index (χ2v) is 8.85. The molecule has 1 aliphatic rings. The van der Waals surface area contributed by atoms with E-state index >= 15 is 0 Å². The molecule has 1 unspecified atom stereocenters. The van der Waals surface area contributed by atoms with Crippen LogP contribution >= 0.6 is 11.6 Å². The van der Waals surface area contributed by atoms with Crippen molar-refractivity contribution in [3.8, 4) is 17.2 Å². The number of hydrogen-bond acceptors (Lipinski definition) is 6. The predicted molar refractivity (Wildman–Crippen MR) is 138 cm³/mol. The molecule has 0 spiro atoms. The Labute approximate surface area is 213 Å². The number of aromatic nitrogens is 1. The van der Waals surface area contributed by atoms with Gasteiger partial charge in [0.05, 0.1) is 16.2 Å². The number of rotatable bonds is 9. The Morgan fingerprint density at radius 3 is 2.61 bits per heavy atom. The van der Waals surface area contributed by atoms with Crippen molar-refractivity contribution in [3.63, 3.8) is 0 Å². The van der Waals surface area contributed by atoms with Gasteiger partial charge in [0.25, 0.3) is 6.23 Å². The summed E-state index contributed by atoms with van der Waals surface area (Å²) >= 11 is 6.45. The Hall–Kier alpha value is -3.97. The van der Waals surface area contributed by atoms with Gasteiger partial charge in [0.2, 0.25) is 0 Å². The minimum atomic E-state index is -1.10. The van der Waals surface area contributed by atoms with Gasteiger partial charge >= 0.3 is 5.97 Å². The number of anilines is 1. The van der Waals surface area contributed by atoms with Gasteiger partial charge in [-0.3, -0.25) is 0 Å². The third-order valence-electron chi connectivity index (χ3n) is 5.88. The Balaban J connectivity index is 1.25. The highest BCUT2D eigenvalue weighted by Gasteiger charge is 2.39. The molecule has 0 aliphatic carbocycles. The van der Waals surface area contributed by atoms with Crippen LogP contribution in [0.15, 0.2) is 72.8 Å². The summed E-state index contributed by atoms with van der Waals surface area (Å²) in [6, 6.07) is 22.9. The zero-order valence-corrected chi connectivity index (χ0v) is 20.4. The molecule has 8 heteroatoms. The van der Waals surface area contributed by atoms with Gasteiger partial charge in [-0.1, -0.05) is 54.9 Å². The van der Waals surface area contributed by atoms with Crippen LogP contribution in [0.2, 0.25) is 5.02 Å². The van der Waals surface area contributed by atoms with Gasteiger partial charge in [0.1, 0.15) is 30.4 Å². The summed E-state index contributed by atoms with van der Waals surface area (Å²) in [6.07, 6.45) is -0.358. The Morgan fingerprint density at radius 1 is 1.03 bits per heavy atom. The van der Waals surface area contributed by atoms with Crippen LogP contribution in [0, 0.1) is 0 Å². The summed E-state index contributed by atoms with van der Waals surface area (Å²) < 4.78 is 17.6. The molecular weight excluding hydrogens is 480 g/mol. The largest absolute Gasteiger partial charge is 0.487 e. The van der Waals surface area contributed by atoms with Crippen molar-refractivity contribution in [2.24, 2.45) is 0 Å². The molecule has 0 fully saturated rings. The fourth-order valence-electron chi connectivity index (χ4n) is 4.17. The molecule has 2 heterocycles. The smallest absolute Gasteiger partial charge is 0.366 e. The molecule has 7 nitrogen and oxygen atoms in total. The second kappa shape index (κ2) is 10.3. The van der Waals surface area contributed by atoms with E-state index in [1.54, 1.807) is 17.0 Å². The zero-order chi connectivity index (χ0) is 25.1. The Morgan fingerprint density at radius 2 is 1.83 bits per heavy atom. The summed E-state index contributed by atoms with van der Waals surface area (Å²) in [5.41, 5.74) is 3.28. The highest BCUT2D eigenvalue weighted by molar-refractivity contribution is 6.32. The number of ether oxygens (including phenoxy) is 3. The molecule has 1 N–H and O–H groups in total. The number of benzene rings is 3. The molecule has 5 rings (SSSR count). The van der Waals surface area contributed by atoms with Crippen molar-refractivity contribution in [1.29, 1.82) is 0 Å². The van der Waals surface area contributed by atoms with E-state index in [1.807, 2.05) is 67.6 Å². The van der Waals surface area contributed by atoms with Crippen molar-refractivity contribution >= 4 is 34.2 Å². The monoisotopic (exact) mass is 504 g/mol. The number of carbonyl (C=O) groups is 1. The summed E-state index contributed by atoms with van der Waals surface area (Å²) in [5, 5.41) is 11.1. The van der Waals surface area contributed by atoms with Crippen LogP contribution < -0.4 is 19.1 Å². The third-order valence-corrected chi connectivity index (χ3v) is 6.18. The first-order valence-corrected chi connectivity index (χ1v) is 12.1. The summed E-state index contributed by atoms with van der Waals surface area (Å²) in [7, 11) is 0. The van der Waals surface area contributed by atoms with Crippen molar-refractivity contribution in [2.45, 2.75) is 32.8 Å². The van der Waals surface area contributed by atoms with Crippen molar-refractivity contribution in [1.82, 2.24) is 4.98 Å². The molecule has 184 valence electrons. The molecule has 0 saturated heterocycles. The maximum atomic E-state index is 11.7. The van der Waals surface area contributed by atoms with Crippen LogP contribution in [-0.4, -0.2) is 28.8 Å². The highest BCUT2D eigenvalue weighted by atomic mass is 35.5. The van der Waals surface area contributed by atoms with Gasteiger partial charge < -0.3 is 24.2 Å². The first-order valence-electron chi connectivity index (χ1n) is 11.7. The number of carboxylic acids is 1. The third kappa shape index (κ3) is 4.88. The van der Waals surface area contributed by atoms with Crippen LogP contribution in [-0.2, 0) is 18.0 Å². The lowest BCUT2D eigenvalue weighted by atomic mass is 10.2. The van der Waals surface area contributed by atoms with E-state index in [1.165, 1.54) is 0 Å². The van der Waals surface area contributed by atoms with E-state index < -0.39 is 12.2 Å². The Bertz CT molecular complexity index is 1390. The number of carboxylic acid groups (broad SMARTS) is 1. The molecule has 0 amide bonds.